The number of carbonyl (C=O) groups excluding carboxylic acids is 1. The zero-order chi connectivity index (χ0) is 12.9. The Kier molecular flexibility index (Phi) is 2.07. The van der Waals surface area contributed by atoms with Crippen LogP contribution >= 0.6 is 0 Å². The van der Waals surface area contributed by atoms with E-state index in [1.165, 1.54) is 19.2 Å². The van der Waals surface area contributed by atoms with Crippen LogP contribution in [0.25, 0.3) is 11.1 Å². The Labute approximate surface area is 103 Å². The van der Waals surface area contributed by atoms with Gasteiger partial charge in [0.05, 0.1) is 12.7 Å². The lowest BCUT2D eigenvalue weighted by atomic mass is 10.0. The minimum absolute atomic E-state index is 0.0259. The number of rotatable bonds is 1. The van der Waals surface area contributed by atoms with E-state index in [-0.39, 0.29) is 22.8 Å². The highest BCUT2D eigenvalue weighted by atomic mass is 16.5. The molecular weight excluding hydrogens is 232 g/mol. The molecule has 2 N–H and O–H groups in total. The Balaban J connectivity index is 2.37. The molecule has 0 amide bonds. The summed E-state index contributed by atoms with van der Waals surface area (Å²) in [6.07, 6.45) is 0. The fraction of sp³-hybridized carbons (Fsp3) is 0.0714. The van der Waals surface area contributed by atoms with Crippen molar-refractivity contribution in [3.8, 4) is 28.4 Å². The van der Waals surface area contributed by atoms with E-state index in [1.807, 2.05) is 0 Å². The summed E-state index contributed by atoms with van der Waals surface area (Å²) in [6.45, 7) is 0. The zero-order valence-electron chi connectivity index (χ0n) is 9.60. The van der Waals surface area contributed by atoms with Crippen molar-refractivity contribution in [1.29, 1.82) is 0 Å². The molecule has 0 fully saturated rings. The van der Waals surface area contributed by atoms with Gasteiger partial charge in [-0.3, -0.25) is 4.79 Å². The number of ether oxygens (including phenoxy) is 1. The first-order valence-corrected chi connectivity index (χ1v) is 5.41. The van der Waals surface area contributed by atoms with E-state index in [0.717, 1.165) is 0 Å². The number of methoxy groups -OCH3 is 1. The molecule has 1 aliphatic carbocycles. The van der Waals surface area contributed by atoms with Crippen LogP contribution in [0.2, 0.25) is 0 Å². The molecule has 3 rings (SSSR count). The minimum Gasteiger partial charge on any atom is -0.507 e. The largest absolute Gasteiger partial charge is 0.507 e. The molecule has 4 nitrogen and oxygen atoms in total. The quantitative estimate of drug-likeness (QED) is 0.687. The van der Waals surface area contributed by atoms with E-state index in [2.05, 4.69) is 0 Å². The van der Waals surface area contributed by atoms with Crippen molar-refractivity contribution in [1.82, 2.24) is 0 Å². The Hall–Kier alpha value is -2.49. The molecule has 0 atom stereocenters. The number of hydrogen-bond donors (Lipinski definition) is 2. The lowest BCUT2D eigenvalue weighted by molar-refractivity contribution is 0.104. The van der Waals surface area contributed by atoms with Gasteiger partial charge < -0.3 is 14.9 Å². The molecular formula is C14H10O4. The van der Waals surface area contributed by atoms with Crippen LogP contribution in [0.1, 0.15) is 15.9 Å². The highest BCUT2D eigenvalue weighted by molar-refractivity contribution is 6.24. The Bertz CT molecular complexity index is 674. The maximum atomic E-state index is 12.2. The number of carbonyl (C=O) groups is 1. The number of fused-ring (bicyclic) bond motifs is 3. The normalized spacial score (nSPS) is 12.2. The van der Waals surface area contributed by atoms with Crippen molar-refractivity contribution in [3.05, 3.63) is 41.5 Å². The number of benzene rings is 2. The highest BCUT2D eigenvalue weighted by Gasteiger charge is 2.32. The van der Waals surface area contributed by atoms with Gasteiger partial charge in [0.25, 0.3) is 0 Å². The van der Waals surface area contributed by atoms with Crippen molar-refractivity contribution >= 4 is 5.78 Å². The molecule has 0 spiro atoms. The molecule has 90 valence electrons. The van der Waals surface area contributed by atoms with Crippen LogP contribution in [-0.2, 0) is 0 Å². The molecule has 0 heterocycles. The number of aromatic hydroxyl groups is 2. The fourth-order valence-corrected chi connectivity index (χ4v) is 2.30. The van der Waals surface area contributed by atoms with Gasteiger partial charge in [-0.1, -0.05) is 12.1 Å². The van der Waals surface area contributed by atoms with Gasteiger partial charge in [0.2, 0.25) is 0 Å². The molecule has 0 saturated heterocycles. The molecule has 0 aromatic heterocycles. The second-order valence-electron chi connectivity index (χ2n) is 4.10. The monoisotopic (exact) mass is 242 g/mol. The minimum atomic E-state index is -0.299. The van der Waals surface area contributed by atoms with Gasteiger partial charge >= 0.3 is 0 Å². The van der Waals surface area contributed by atoms with Crippen LogP contribution in [0.15, 0.2) is 30.3 Å². The third-order valence-corrected chi connectivity index (χ3v) is 3.11. The van der Waals surface area contributed by atoms with Gasteiger partial charge in [-0.15, -0.1) is 0 Å². The van der Waals surface area contributed by atoms with E-state index >= 15 is 0 Å². The van der Waals surface area contributed by atoms with Gasteiger partial charge in [-0.25, -0.2) is 0 Å². The first-order chi connectivity index (χ1) is 8.63. The molecule has 0 saturated carbocycles. The average molecular weight is 242 g/mol. The summed E-state index contributed by atoms with van der Waals surface area (Å²) in [7, 11) is 1.46. The van der Waals surface area contributed by atoms with Crippen molar-refractivity contribution in [2.24, 2.45) is 0 Å². The van der Waals surface area contributed by atoms with Gasteiger partial charge in [-0.05, 0) is 12.1 Å². The van der Waals surface area contributed by atoms with Crippen LogP contribution in [0.3, 0.4) is 0 Å². The van der Waals surface area contributed by atoms with Crippen molar-refractivity contribution in [3.63, 3.8) is 0 Å². The number of phenolic OH excluding ortho intramolecular Hbond substituents is 2. The summed E-state index contributed by atoms with van der Waals surface area (Å²) < 4.78 is 5.02. The molecule has 18 heavy (non-hydrogen) atoms. The molecule has 4 heteroatoms. The van der Waals surface area contributed by atoms with Gasteiger partial charge in [0, 0.05) is 22.8 Å². The van der Waals surface area contributed by atoms with E-state index < -0.39 is 0 Å². The van der Waals surface area contributed by atoms with E-state index in [4.69, 9.17) is 4.74 Å². The zero-order valence-corrected chi connectivity index (χ0v) is 9.60. The number of ketones is 1. The lowest BCUT2D eigenvalue weighted by Crippen LogP contribution is -1.96. The van der Waals surface area contributed by atoms with Crippen molar-refractivity contribution in [2.45, 2.75) is 0 Å². The first kappa shape index (κ1) is 10.7. The van der Waals surface area contributed by atoms with Gasteiger partial charge in [0.1, 0.15) is 17.2 Å². The SMILES string of the molecule is COc1cc(O)c2c(c1)C(=O)c1c(O)cccc1-2. The second kappa shape index (κ2) is 3.50. The molecule has 0 radical (unpaired) electrons. The molecule has 2 aromatic rings. The first-order valence-electron chi connectivity index (χ1n) is 5.41. The molecule has 0 bridgehead atoms. The van der Waals surface area contributed by atoms with E-state index in [0.29, 0.717) is 22.4 Å². The van der Waals surface area contributed by atoms with E-state index in [9.17, 15) is 15.0 Å². The molecule has 0 unspecified atom stereocenters. The van der Waals surface area contributed by atoms with Crippen molar-refractivity contribution in [2.75, 3.05) is 7.11 Å². The topological polar surface area (TPSA) is 66.8 Å². The lowest BCUT2D eigenvalue weighted by Gasteiger charge is -2.06. The fourth-order valence-electron chi connectivity index (χ4n) is 2.30. The van der Waals surface area contributed by atoms with Crippen LogP contribution in [-0.4, -0.2) is 23.1 Å². The Morgan fingerprint density at radius 2 is 1.78 bits per heavy atom. The second-order valence-corrected chi connectivity index (χ2v) is 4.10. The molecule has 1 aliphatic rings. The maximum Gasteiger partial charge on any atom is 0.198 e. The summed E-state index contributed by atoms with van der Waals surface area (Å²) in [5.41, 5.74) is 1.58. The summed E-state index contributed by atoms with van der Waals surface area (Å²) in [6, 6.07) is 7.81. The Morgan fingerprint density at radius 1 is 1.00 bits per heavy atom. The standard InChI is InChI=1S/C14H10O4/c1-18-7-5-9-12(11(16)6-7)8-3-2-4-10(15)13(8)14(9)17/h2-6,15-16H,1H3. The highest BCUT2D eigenvalue weighted by Crippen LogP contribution is 2.46. The van der Waals surface area contributed by atoms with Crippen LogP contribution in [0.4, 0.5) is 0 Å². The summed E-state index contributed by atoms with van der Waals surface area (Å²) in [5, 5.41) is 19.7. The smallest absolute Gasteiger partial charge is 0.198 e. The summed E-state index contributed by atoms with van der Waals surface area (Å²) in [5.74, 6) is 0.00770. The van der Waals surface area contributed by atoms with Crippen LogP contribution in [0, 0.1) is 0 Å². The van der Waals surface area contributed by atoms with Crippen molar-refractivity contribution < 1.29 is 19.7 Å². The predicted octanol–water partition coefficient (Wildman–Crippen LogP) is 2.32. The summed E-state index contributed by atoms with van der Waals surface area (Å²) >= 11 is 0. The Morgan fingerprint density at radius 3 is 2.50 bits per heavy atom. The van der Waals surface area contributed by atoms with Crippen LogP contribution < -0.4 is 4.74 Å². The maximum absolute atomic E-state index is 12.2. The third kappa shape index (κ3) is 1.23. The third-order valence-electron chi connectivity index (χ3n) is 3.11. The number of phenols is 2. The van der Waals surface area contributed by atoms with Crippen LogP contribution in [0.5, 0.6) is 17.2 Å². The van der Waals surface area contributed by atoms with Gasteiger partial charge in [0.15, 0.2) is 5.78 Å². The predicted molar refractivity (Wildman–Crippen MR) is 65.2 cm³/mol. The summed E-state index contributed by atoms with van der Waals surface area (Å²) in [4.78, 5) is 12.2. The number of hydrogen-bond acceptors (Lipinski definition) is 4. The molecule has 0 aliphatic heterocycles. The van der Waals surface area contributed by atoms with Gasteiger partial charge in [-0.2, -0.15) is 0 Å². The molecule has 2 aromatic carbocycles. The average Bonchev–Trinajstić information content (AvgIpc) is 2.65. The van der Waals surface area contributed by atoms with E-state index in [1.54, 1.807) is 18.2 Å².